The lowest BCUT2D eigenvalue weighted by Gasteiger charge is -2.25. The molecule has 1 N–H and O–H groups in total. The molecule has 4 nitrogen and oxygen atoms in total. The lowest BCUT2D eigenvalue weighted by atomic mass is 10.0. The number of aromatic amines is 1. The van der Waals surface area contributed by atoms with Crippen molar-refractivity contribution in [2.45, 2.75) is 13.5 Å². The zero-order valence-electron chi connectivity index (χ0n) is 19.0. The van der Waals surface area contributed by atoms with Gasteiger partial charge in [-0.05, 0) is 86.7 Å². The van der Waals surface area contributed by atoms with E-state index in [0.29, 0.717) is 24.2 Å². The largest absolute Gasteiger partial charge is 0.359 e. The van der Waals surface area contributed by atoms with E-state index in [1.807, 2.05) is 38.1 Å². The van der Waals surface area contributed by atoms with E-state index in [0.717, 1.165) is 27.7 Å². The molecule has 0 saturated heterocycles. The van der Waals surface area contributed by atoms with Crippen LogP contribution in [0.4, 0.5) is 8.78 Å². The van der Waals surface area contributed by atoms with E-state index in [1.54, 1.807) is 17.0 Å². The van der Waals surface area contributed by atoms with E-state index < -0.39 is 5.82 Å². The van der Waals surface area contributed by atoms with Gasteiger partial charge in [0.05, 0.1) is 0 Å². The number of nitrogens with one attached hydrogen (secondary N) is 1. The third-order valence-electron chi connectivity index (χ3n) is 5.69. The Balaban J connectivity index is 1.64. The fourth-order valence-electron chi connectivity index (χ4n) is 3.89. The molecule has 1 aromatic heterocycles. The predicted octanol–water partition coefficient (Wildman–Crippen LogP) is 5.63. The topological polar surface area (TPSA) is 39.3 Å². The summed E-state index contributed by atoms with van der Waals surface area (Å²) >= 11 is 0. The summed E-state index contributed by atoms with van der Waals surface area (Å²) in [4.78, 5) is 20.0. The molecule has 0 radical (unpaired) electrons. The number of nitrogens with zero attached hydrogens (tertiary/aromatic N) is 2. The summed E-state index contributed by atoms with van der Waals surface area (Å²) in [6, 6.07) is 18.6. The van der Waals surface area contributed by atoms with Crippen molar-refractivity contribution in [3.63, 3.8) is 0 Å². The number of aryl methyl sites for hydroxylation is 1. The van der Waals surface area contributed by atoms with Crippen molar-refractivity contribution in [3.8, 4) is 11.1 Å². The van der Waals surface area contributed by atoms with Crippen LogP contribution in [-0.4, -0.2) is 47.9 Å². The molecule has 6 heteroatoms. The van der Waals surface area contributed by atoms with E-state index in [-0.39, 0.29) is 18.3 Å². The van der Waals surface area contributed by atoms with Gasteiger partial charge in [-0.25, -0.2) is 8.78 Å². The standard InChI is InChI=1S/C27H27F2N3O/c1-18-14-22-15-21(7-11-26(22)30-18)20-6-10-25(29)23(16-20)17-32(13-12-31(2)3)27(33)19-4-8-24(28)9-5-19/h4-11,14-16,30H,12-13,17H2,1-3H3. The second-order valence-corrected chi connectivity index (χ2v) is 8.60. The summed E-state index contributed by atoms with van der Waals surface area (Å²) in [5.74, 6) is -1.02. The Hall–Kier alpha value is -3.51. The average molecular weight is 448 g/mol. The minimum Gasteiger partial charge on any atom is -0.359 e. The SMILES string of the molecule is Cc1cc2cc(-c3ccc(F)c(CN(CCN(C)C)C(=O)c4ccc(F)cc4)c3)ccc2[nH]1. The number of carbonyl (C=O) groups is 1. The molecule has 4 aromatic rings. The van der Waals surface area contributed by atoms with E-state index >= 15 is 0 Å². The summed E-state index contributed by atoms with van der Waals surface area (Å²) in [6.07, 6.45) is 0. The molecule has 170 valence electrons. The fraction of sp³-hybridized carbons (Fsp3) is 0.222. The maximum absolute atomic E-state index is 14.8. The van der Waals surface area contributed by atoms with Gasteiger partial charge in [-0.3, -0.25) is 4.79 Å². The van der Waals surface area contributed by atoms with E-state index in [2.05, 4.69) is 17.1 Å². The monoisotopic (exact) mass is 447 g/mol. The van der Waals surface area contributed by atoms with Crippen LogP contribution in [0.1, 0.15) is 21.6 Å². The van der Waals surface area contributed by atoms with E-state index in [1.165, 1.54) is 30.3 Å². The first kappa shape index (κ1) is 22.7. The smallest absolute Gasteiger partial charge is 0.254 e. The second-order valence-electron chi connectivity index (χ2n) is 8.60. The molecule has 0 bridgehead atoms. The number of benzene rings is 3. The molecule has 0 spiro atoms. The third-order valence-corrected chi connectivity index (χ3v) is 5.69. The first-order valence-electron chi connectivity index (χ1n) is 10.9. The number of aromatic nitrogens is 1. The van der Waals surface area contributed by atoms with Crippen LogP contribution < -0.4 is 0 Å². The first-order chi connectivity index (χ1) is 15.8. The molecule has 0 unspecified atom stereocenters. The van der Waals surface area contributed by atoms with Crippen molar-refractivity contribution in [1.82, 2.24) is 14.8 Å². The molecule has 0 aliphatic carbocycles. The quantitative estimate of drug-likeness (QED) is 0.399. The number of H-pyrrole nitrogens is 1. The highest BCUT2D eigenvalue weighted by atomic mass is 19.1. The number of hydrogen-bond donors (Lipinski definition) is 1. The Kier molecular flexibility index (Phi) is 6.56. The maximum atomic E-state index is 14.8. The fourth-order valence-corrected chi connectivity index (χ4v) is 3.89. The van der Waals surface area contributed by atoms with Crippen LogP contribution in [-0.2, 0) is 6.54 Å². The molecule has 33 heavy (non-hydrogen) atoms. The molecule has 4 rings (SSSR count). The lowest BCUT2D eigenvalue weighted by molar-refractivity contribution is 0.0730. The zero-order valence-corrected chi connectivity index (χ0v) is 19.0. The number of likely N-dealkylation sites (N-methyl/N-ethyl adjacent to an activating group) is 1. The highest BCUT2D eigenvalue weighted by Gasteiger charge is 2.19. The molecule has 0 fully saturated rings. The molecule has 1 heterocycles. The Morgan fingerprint density at radius 2 is 1.58 bits per heavy atom. The number of carbonyl (C=O) groups excluding carboxylic acids is 1. The van der Waals surface area contributed by atoms with Crippen LogP contribution in [0, 0.1) is 18.6 Å². The van der Waals surface area contributed by atoms with Crippen LogP contribution in [0.2, 0.25) is 0 Å². The molecule has 3 aromatic carbocycles. The van der Waals surface area contributed by atoms with Gasteiger partial charge < -0.3 is 14.8 Å². The minimum atomic E-state index is -0.403. The van der Waals surface area contributed by atoms with Crippen LogP contribution in [0.3, 0.4) is 0 Å². The summed E-state index contributed by atoms with van der Waals surface area (Å²) in [6.45, 7) is 3.17. The minimum absolute atomic E-state index is 0.120. The van der Waals surface area contributed by atoms with Crippen molar-refractivity contribution in [2.24, 2.45) is 0 Å². The number of hydrogen-bond acceptors (Lipinski definition) is 2. The van der Waals surface area contributed by atoms with Gasteiger partial charge in [-0.15, -0.1) is 0 Å². The van der Waals surface area contributed by atoms with Gasteiger partial charge in [-0.2, -0.15) is 0 Å². The molecule has 0 saturated carbocycles. The van der Waals surface area contributed by atoms with Crippen molar-refractivity contribution < 1.29 is 13.6 Å². The molecule has 1 amide bonds. The second kappa shape index (κ2) is 9.55. The summed E-state index contributed by atoms with van der Waals surface area (Å²) in [5.41, 5.74) is 4.81. The summed E-state index contributed by atoms with van der Waals surface area (Å²) in [7, 11) is 3.83. The normalized spacial score (nSPS) is 11.3. The molecule has 0 aliphatic rings. The summed E-state index contributed by atoms with van der Waals surface area (Å²) in [5, 5.41) is 1.09. The lowest BCUT2D eigenvalue weighted by Crippen LogP contribution is -2.36. The van der Waals surface area contributed by atoms with Gasteiger partial charge in [0.2, 0.25) is 0 Å². The van der Waals surface area contributed by atoms with Crippen molar-refractivity contribution in [1.29, 1.82) is 0 Å². The number of halogens is 2. The average Bonchev–Trinajstić information content (AvgIpc) is 3.17. The molecule has 0 atom stereocenters. The highest BCUT2D eigenvalue weighted by molar-refractivity contribution is 5.94. The van der Waals surface area contributed by atoms with Gasteiger partial charge in [0.15, 0.2) is 0 Å². The molecular formula is C27H27F2N3O. The Morgan fingerprint density at radius 1 is 0.879 bits per heavy atom. The number of rotatable bonds is 7. The van der Waals surface area contributed by atoms with E-state index in [4.69, 9.17) is 0 Å². The highest BCUT2D eigenvalue weighted by Crippen LogP contribution is 2.27. The predicted molar refractivity (Wildman–Crippen MR) is 128 cm³/mol. The van der Waals surface area contributed by atoms with Crippen LogP contribution in [0.15, 0.2) is 66.7 Å². The first-order valence-corrected chi connectivity index (χ1v) is 10.9. The van der Waals surface area contributed by atoms with Gasteiger partial charge in [-0.1, -0.05) is 12.1 Å². The number of fused-ring (bicyclic) bond motifs is 1. The zero-order chi connectivity index (χ0) is 23.5. The van der Waals surface area contributed by atoms with Gasteiger partial charge in [0, 0.05) is 47.4 Å². The Morgan fingerprint density at radius 3 is 2.30 bits per heavy atom. The van der Waals surface area contributed by atoms with Crippen LogP contribution in [0.5, 0.6) is 0 Å². The van der Waals surface area contributed by atoms with Gasteiger partial charge in [0.1, 0.15) is 11.6 Å². The Labute approximate surface area is 192 Å². The van der Waals surface area contributed by atoms with Gasteiger partial charge in [0.25, 0.3) is 5.91 Å². The van der Waals surface area contributed by atoms with Crippen LogP contribution >= 0.6 is 0 Å². The molecular weight excluding hydrogens is 420 g/mol. The van der Waals surface area contributed by atoms with E-state index in [9.17, 15) is 13.6 Å². The summed E-state index contributed by atoms with van der Waals surface area (Å²) < 4.78 is 28.1. The van der Waals surface area contributed by atoms with Crippen LogP contribution in [0.25, 0.3) is 22.0 Å². The van der Waals surface area contributed by atoms with Crippen molar-refractivity contribution in [2.75, 3.05) is 27.2 Å². The van der Waals surface area contributed by atoms with Crippen molar-refractivity contribution in [3.05, 3.63) is 95.2 Å². The maximum Gasteiger partial charge on any atom is 0.254 e. The van der Waals surface area contributed by atoms with Crippen molar-refractivity contribution >= 4 is 16.8 Å². The Bertz CT molecular complexity index is 1280. The number of amides is 1. The third kappa shape index (κ3) is 5.29. The molecule has 0 aliphatic heterocycles. The van der Waals surface area contributed by atoms with Gasteiger partial charge >= 0.3 is 0 Å².